The fourth-order valence-corrected chi connectivity index (χ4v) is 2.25. The van der Waals surface area contributed by atoms with Crippen molar-refractivity contribution in [1.29, 1.82) is 0 Å². The minimum atomic E-state index is -0.934. The summed E-state index contributed by atoms with van der Waals surface area (Å²) in [5.41, 5.74) is -0.0936. The molecule has 0 aromatic carbocycles. The molecule has 1 fully saturated rings. The summed E-state index contributed by atoms with van der Waals surface area (Å²) in [6.45, 7) is 9.82. The number of carbonyl (C=O) groups is 2. The summed E-state index contributed by atoms with van der Waals surface area (Å²) in [5.74, 6) is -0.934. The predicted octanol–water partition coefficient (Wildman–Crippen LogP) is 2.81. The number of piperidine rings is 1. The first-order chi connectivity index (χ1) is 8.51. The molecule has 0 aromatic heterocycles. The van der Waals surface area contributed by atoms with Crippen LogP contribution in [0.25, 0.3) is 0 Å². The van der Waals surface area contributed by atoms with Crippen molar-refractivity contribution in [3.63, 3.8) is 0 Å². The van der Waals surface area contributed by atoms with E-state index in [1.807, 2.05) is 34.6 Å². The molecule has 0 aliphatic carbocycles. The van der Waals surface area contributed by atoms with Gasteiger partial charge in [-0.1, -0.05) is 5.57 Å². The number of hydrogen-bond donors (Lipinski definition) is 1. The lowest BCUT2D eigenvalue weighted by Crippen LogP contribution is -2.52. The zero-order chi connectivity index (χ0) is 14.8. The van der Waals surface area contributed by atoms with E-state index in [0.29, 0.717) is 19.4 Å². The maximum atomic E-state index is 12.1. The van der Waals surface area contributed by atoms with Crippen LogP contribution in [0.15, 0.2) is 11.6 Å². The summed E-state index contributed by atoms with van der Waals surface area (Å²) in [5, 5.41) is 8.78. The minimum Gasteiger partial charge on any atom is -0.478 e. The van der Waals surface area contributed by atoms with E-state index in [1.165, 1.54) is 6.08 Å². The van der Waals surface area contributed by atoms with E-state index < -0.39 is 17.1 Å². The molecule has 108 valence electrons. The van der Waals surface area contributed by atoms with Gasteiger partial charge in [0.2, 0.25) is 0 Å². The van der Waals surface area contributed by atoms with Gasteiger partial charge in [0.05, 0.1) is 0 Å². The molecule has 1 rings (SSSR count). The Bertz CT molecular complexity index is 404. The van der Waals surface area contributed by atoms with Crippen molar-refractivity contribution in [2.75, 3.05) is 6.54 Å². The number of hydrogen-bond acceptors (Lipinski definition) is 3. The van der Waals surface area contributed by atoms with Gasteiger partial charge in [0.15, 0.2) is 0 Å². The molecule has 5 nitrogen and oxygen atoms in total. The van der Waals surface area contributed by atoms with Gasteiger partial charge in [-0.15, -0.1) is 0 Å². The average molecular weight is 269 g/mol. The fourth-order valence-electron chi connectivity index (χ4n) is 2.25. The van der Waals surface area contributed by atoms with Crippen molar-refractivity contribution in [1.82, 2.24) is 4.90 Å². The predicted molar refractivity (Wildman–Crippen MR) is 72.0 cm³/mol. The molecule has 1 aliphatic heterocycles. The fraction of sp³-hybridized carbons (Fsp3) is 0.714. The number of nitrogens with zero attached hydrogens (tertiary/aromatic N) is 1. The molecule has 0 unspecified atom stereocenters. The molecule has 5 heteroatoms. The van der Waals surface area contributed by atoms with E-state index in [0.717, 1.165) is 5.57 Å². The first kappa shape index (κ1) is 15.5. The van der Waals surface area contributed by atoms with Crippen molar-refractivity contribution < 1.29 is 19.4 Å². The molecule has 1 saturated heterocycles. The minimum absolute atomic E-state index is 0.341. The smallest absolute Gasteiger partial charge is 0.410 e. The number of carboxylic acid groups (broad SMARTS) is 1. The Morgan fingerprint density at radius 1 is 1.37 bits per heavy atom. The molecular weight excluding hydrogens is 246 g/mol. The van der Waals surface area contributed by atoms with Crippen LogP contribution in [0.2, 0.25) is 0 Å². The van der Waals surface area contributed by atoms with Crippen LogP contribution in [0.4, 0.5) is 4.79 Å². The topological polar surface area (TPSA) is 66.8 Å². The van der Waals surface area contributed by atoms with Gasteiger partial charge < -0.3 is 14.7 Å². The van der Waals surface area contributed by atoms with Crippen molar-refractivity contribution >= 4 is 12.1 Å². The Labute approximate surface area is 114 Å². The summed E-state index contributed by atoms with van der Waals surface area (Å²) in [6, 6.07) is 0. The molecule has 1 heterocycles. The highest BCUT2D eigenvalue weighted by Gasteiger charge is 2.37. The molecule has 0 atom stereocenters. The van der Waals surface area contributed by atoms with Crippen LogP contribution in [-0.4, -0.2) is 39.8 Å². The van der Waals surface area contributed by atoms with Crippen LogP contribution in [-0.2, 0) is 9.53 Å². The Morgan fingerprint density at radius 2 is 1.95 bits per heavy atom. The Kier molecular flexibility index (Phi) is 4.28. The lowest BCUT2D eigenvalue weighted by molar-refractivity contribution is -0.131. The zero-order valence-electron chi connectivity index (χ0n) is 12.3. The number of ether oxygens (including phenoxy) is 1. The summed E-state index contributed by atoms with van der Waals surface area (Å²) in [4.78, 5) is 24.5. The second-order valence-electron chi connectivity index (χ2n) is 6.51. The van der Waals surface area contributed by atoms with Crippen molar-refractivity contribution in [2.45, 2.75) is 58.6 Å². The highest BCUT2D eigenvalue weighted by Crippen LogP contribution is 2.32. The van der Waals surface area contributed by atoms with E-state index in [9.17, 15) is 9.59 Å². The van der Waals surface area contributed by atoms with Gasteiger partial charge in [0.25, 0.3) is 0 Å². The van der Waals surface area contributed by atoms with Gasteiger partial charge in [-0.3, -0.25) is 0 Å². The molecule has 0 bridgehead atoms. The summed E-state index contributed by atoms with van der Waals surface area (Å²) in [6.07, 6.45) is 2.04. The quantitative estimate of drug-likeness (QED) is 0.743. The molecule has 0 aromatic rings. The highest BCUT2D eigenvalue weighted by molar-refractivity contribution is 5.81. The van der Waals surface area contributed by atoms with Gasteiger partial charge in [-0.05, 0) is 47.5 Å². The van der Waals surface area contributed by atoms with E-state index in [2.05, 4.69) is 0 Å². The van der Waals surface area contributed by atoms with E-state index in [1.54, 1.807) is 4.90 Å². The number of carboxylic acids is 1. The third-order valence-corrected chi connectivity index (χ3v) is 2.99. The second kappa shape index (κ2) is 5.23. The first-order valence-electron chi connectivity index (χ1n) is 6.44. The highest BCUT2D eigenvalue weighted by atomic mass is 16.6. The van der Waals surface area contributed by atoms with Gasteiger partial charge in [-0.2, -0.15) is 0 Å². The van der Waals surface area contributed by atoms with Crippen LogP contribution in [0.5, 0.6) is 0 Å². The molecule has 0 spiro atoms. The van der Waals surface area contributed by atoms with Crippen LogP contribution in [0.3, 0.4) is 0 Å². The van der Waals surface area contributed by atoms with Gasteiger partial charge in [0, 0.05) is 18.2 Å². The molecule has 0 radical (unpaired) electrons. The third-order valence-electron chi connectivity index (χ3n) is 2.99. The molecular formula is C14H23NO4. The van der Waals surface area contributed by atoms with Crippen molar-refractivity contribution in [3.8, 4) is 0 Å². The average Bonchev–Trinajstić information content (AvgIpc) is 2.11. The molecule has 1 N–H and O–H groups in total. The largest absolute Gasteiger partial charge is 0.478 e. The Balaban J connectivity index is 2.79. The van der Waals surface area contributed by atoms with Crippen LogP contribution in [0.1, 0.15) is 47.5 Å². The molecule has 19 heavy (non-hydrogen) atoms. The summed E-state index contributed by atoms with van der Waals surface area (Å²) >= 11 is 0. The Morgan fingerprint density at radius 3 is 2.37 bits per heavy atom. The summed E-state index contributed by atoms with van der Waals surface area (Å²) in [7, 11) is 0. The number of carbonyl (C=O) groups excluding carboxylic acids is 1. The lowest BCUT2D eigenvalue weighted by Gasteiger charge is -2.43. The van der Waals surface area contributed by atoms with Gasteiger partial charge >= 0.3 is 12.1 Å². The standard InChI is InChI=1S/C14H23NO4/c1-13(2,3)19-12(18)15-7-6-10(8-11(16)17)9-14(15,4)5/h8H,6-7,9H2,1-5H3,(H,16,17). The molecule has 1 aliphatic rings. The van der Waals surface area contributed by atoms with Crippen molar-refractivity contribution in [3.05, 3.63) is 11.6 Å². The van der Waals surface area contributed by atoms with Crippen molar-refractivity contribution in [2.24, 2.45) is 0 Å². The normalized spacial score (nSPS) is 21.3. The monoisotopic (exact) mass is 269 g/mol. The third kappa shape index (κ3) is 4.58. The lowest BCUT2D eigenvalue weighted by atomic mass is 9.87. The van der Waals surface area contributed by atoms with Crippen LogP contribution < -0.4 is 0 Å². The first-order valence-corrected chi connectivity index (χ1v) is 6.44. The van der Waals surface area contributed by atoms with E-state index in [-0.39, 0.29) is 6.09 Å². The number of likely N-dealkylation sites (tertiary alicyclic amines) is 1. The van der Waals surface area contributed by atoms with Gasteiger partial charge in [-0.25, -0.2) is 9.59 Å². The maximum Gasteiger partial charge on any atom is 0.410 e. The SMILES string of the molecule is CC(C)(C)OC(=O)N1CCC(=CC(=O)O)CC1(C)C. The zero-order valence-corrected chi connectivity index (χ0v) is 12.3. The van der Waals surface area contributed by atoms with Crippen LogP contribution >= 0.6 is 0 Å². The van der Waals surface area contributed by atoms with E-state index >= 15 is 0 Å². The number of amides is 1. The van der Waals surface area contributed by atoms with Gasteiger partial charge in [0.1, 0.15) is 5.60 Å². The summed E-state index contributed by atoms with van der Waals surface area (Å²) < 4.78 is 5.38. The second-order valence-corrected chi connectivity index (χ2v) is 6.51. The maximum absolute atomic E-state index is 12.1. The van der Waals surface area contributed by atoms with Crippen LogP contribution in [0, 0.1) is 0 Å². The Hall–Kier alpha value is -1.52. The number of aliphatic carboxylic acids is 1. The number of rotatable bonds is 1. The van der Waals surface area contributed by atoms with E-state index in [4.69, 9.17) is 9.84 Å². The molecule has 0 saturated carbocycles. The molecule has 1 amide bonds.